The van der Waals surface area contributed by atoms with Crippen LogP contribution < -0.4 is 0 Å². The minimum Gasteiger partial charge on any atom is -0.459 e. The summed E-state index contributed by atoms with van der Waals surface area (Å²) in [4.78, 5) is 36.3. The van der Waals surface area contributed by atoms with Crippen LogP contribution in [0.1, 0.15) is 27.6 Å². The summed E-state index contributed by atoms with van der Waals surface area (Å²) >= 11 is 1.34. The van der Waals surface area contributed by atoms with Gasteiger partial charge in [0.25, 0.3) is 0 Å². The van der Waals surface area contributed by atoms with Crippen LogP contribution in [-0.2, 0) is 23.7 Å². The lowest BCUT2D eigenvalue weighted by Gasteiger charge is -2.22. The molecular formula is C22H22O7S. The van der Waals surface area contributed by atoms with Gasteiger partial charge in [0, 0.05) is 6.92 Å². The molecule has 0 radical (unpaired) electrons. The average molecular weight is 430 g/mol. The molecule has 7 nitrogen and oxygen atoms in total. The molecular weight excluding hydrogens is 408 g/mol. The Morgan fingerprint density at radius 2 is 1.47 bits per heavy atom. The van der Waals surface area contributed by atoms with Gasteiger partial charge in [-0.25, -0.2) is 9.59 Å². The summed E-state index contributed by atoms with van der Waals surface area (Å²) < 4.78 is 22.1. The maximum absolute atomic E-state index is 12.6. The summed E-state index contributed by atoms with van der Waals surface area (Å²) in [5.41, 5.74) is 0.777. The van der Waals surface area contributed by atoms with Crippen LogP contribution in [0.25, 0.3) is 0 Å². The van der Waals surface area contributed by atoms with E-state index in [0.717, 1.165) is 0 Å². The normalized spacial score (nSPS) is 22.9. The molecule has 158 valence electrons. The van der Waals surface area contributed by atoms with E-state index in [0.29, 0.717) is 11.1 Å². The summed E-state index contributed by atoms with van der Waals surface area (Å²) in [6.07, 6.45) is -0.689. The Morgan fingerprint density at radius 1 is 0.900 bits per heavy atom. The van der Waals surface area contributed by atoms with Crippen LogP contribution >= 0.6 is 11.8 Å². The molecule has 0 aliphatic carbocycles. The largest absolute Gasteiger partial charge is 0.459 e. The topological polar surface area (TPSA) is 88.1 Å². The van der Waals surface area contributed by atoms with Crippen LogP contribution in [0.3, 0.4) is 0 Å². The average Bonchev–Trinajstić information content (AvgIpc) is 3.08. The molecule has 1 saturated heterocycles. The molecule has 8 heteroatoms. The van der Waals surface area contributed by atoms with E-state index in [2.05, 4.69) is 0 Å². The van der Waals surface area contributed by atoms with Gasteiger partial charge >= 0.3 is 17.9 Å². The molecule has 3 rings (SSSR count). The van der Waals surface area contributed by atoms with E-state index in [9.17, 15) is 14.4 Å². The standard InChI is InChI=1S/C22H22O7S/c1-14(23)27-22-19(30-2)18(29-21(25)16-11-7-4-8-12-16)17(28-22)13-26-20(24)15-9-5-3-6-10-15/h3-12,17-19,22H,13H2,1-2H3/t17-,18+,19+,22-/m0/s1. The van der Waals surface area contributed by atoms with Crippen LogP contribution in [0.4, 0.5) is 0 Å². The summed E-state index contributed by atoms with van der Waals surface area (Å²) in [6, 6.07) is 17.1. The Hall–Kier alpha value is -2.84. The van der Waals surface area contributed by atoms with Crippen molar-refractivity contribution in [2.45, 2.75) is 30.7 Å². The summed E-state index contributed by atoms with van der Waals surface area (Å²) in [7, 11) is 0. The molecule has 1 fully saturated rings. The predicted octanol–water partition coefficient (Wildman–Crippen LogP) is 3.09. The number of benzene rings is 2. The van der Waals surface area contributed by atoms with Crippen molar-refractivity contribution in [1.82, 2.24) is 0 Å². The molecule has 0 spiro atoms. The SMILES string of the molecule is CS[C@H]1[C@@H](OC(C)=O)O[C@@H](COC(=O)c2ccccc2)[C@H]1OC(=O)c1ccccc1. The van der Waals surface area contributed by atoms with Crippen molar-refractivity contribution in [2.24, 2.45) is 0 Å². The fourth-order valence-electron chi connectivity index (χ4n) is 3.06. The van der Waals surface area contributed by atoms with Gasteiger partial charge in [0.1, 0.15) is 24.1 Å². The fraction of sp³-hybridized carbons (Fsp3) is 0.318. The van der Waals surface area contributed by atoms with E-state index in [4.69, 9.17) is 18.9 Å². The van der Waals surface area contributed by atoms with E-state index >= 15 is 0 Å². The van der Waals surface area contributed by atoms with Crippen molar-refractivity contribution in [3.05, 3.63) is 71.8 Å². The van der Waals surface area contributed by atoms with E-state index < -0.39 is 41.7 Å². The lowest BCUT2D eigenvalue weighted by atomic mass is 10.1. The van der Waals surface area contributed by atoms with Crippen LogP contribution in [0.5, 0.6) is 0 Å². The molecule has 0 unspecified atom stereocenters. The van der Waals surface area contributed by atoms with Gasteiger partial charge in [0.2, 0.25) is 6.29 Å². The molecule has 2 aromatic rings. The number of ether oxygens (including phenoxy) is 4. The van der Waals surface area contributed by atoms with Crippen molar-refractivity contribution >= 4 is 29.7 Å². The first-order valence-corrected chi connectivity index (χ1v) is 10.6. The first kappa shape index (κ1) is 21.9. The van der Waals surface area contributed by atoms with Crippen LogP contribution in [0.15, 0.2) is 60.7 Å². The number of hydrogen-bond acceptors (Lipinski definition) is 8. The van der Waals surface area contributed by atoms with Gasteiger partial charge in [-0.05, 0) is 30.5 Å². The third-order valence-corrected chi connectivity index (χ3v) is 5.50. The highest BCUT2D eigenvalue weighted by Gasteiger charge is 2.49. The van der Waals surface area contributed by atoms with Gasteiger partial charge in [-0.3, -0.25) is 4.79 Å². The van der Waals surface area contributed by atoms with Crippen LogP contribution in [0.2, 0.25) is 0 Å². The zero-order valence-electron chi connectivity index (χ0n) is 16.6. The Kier molecular flexibility index (Phi) is 7.48. The first-order chi connectivity index (χ1) is 14.5. The molecule has 0 saturated carbocycles. The van der Waals surface area contributed by atoms with Gasteiger partial charge in [-0.15, -0.1) is 0 Å². The lowest BCUT2D eigenvalue weighted by Crippen LogP contribution is -2.38. The molecule has 1 aliphatic rings. The molecule has 4 atom stereocenters. The van der Waals surface area contributed by atoms with E-state index in [1.165, 1.54) is 18.7 Å². The van der Waals surface area contributed by atoms with Gasteiger partial charge in [-0.1, -0.05) is 36.4 Å². The highest BCUT2D eigenvalue weighted by Crippen LogP contribution is 2.33. The molecule has 0 bridgehead atoms. The van der Waals surface area contributed by atoms with Crippen molar-refractivity contribution in [2.75, 3.05) is 12.9 Å². The predicted molar refractivity (Wildman–Crippen MR) is 110 cm³/mol. The zero-order chi connectivity index (χ0) is 21.5. The van der Waals surface area contributed by atoms with Crippen LogP contribution in [0, 0.1) is 0 Å². The van der Waals surface area contributed by atoms with Crippen molar-refractivity contribution < 1.29 is 33.3 Å². The quantitative estimate of drug-likeness (QED) is 0.489. The van der Waals surface area contributed by atoms with E-state index in [-0.39, 0.29) is 6.61 Å². The third-order valence-electron chi connectivity index (χ3n) is 4.46. The number of carbonyl (C=O) groups excluding carboxylic acids is 3. The molecule has 0 amide bonds. The Bertz CT molecular complexity index is 872. The van der Waals surface area contributed by atoms with Crippen molar-refractivity contribution in [3.63, 3.8) is 0 Å². The number of hydrogen-bond donors (Lipinski definition) is 0. The maximum Gasteiger partial charge on any atom is 0.338 e. The van der Waals surface area contributed by atoms with E-state index in [1.807, 2.05) is 0 Å². The number of thioether (sulfide) groups is 1. The monoisotopic (exact) mass is 430 g/mol. The van der Waals surface area contributed by atoms with Crippen molar-refractivity contribution in [1.29, 1.82) is 0 Å². The minimum atomic E-state index is -0.925. The molecule has 2 aromatic carbocycles. The lowest BCUT2D eigenvalue weighted by molar-refractivity contribution is -0.174. The van der Waals surface area contributed by atoms with Gasteiger partial charge < -0.3 is 18.9 Å². The van der Waals surface area contributed by atoms with Crippen LogP contribution in [-0.4, -0.2) is 54.5 Å². The van der Waals surface area contributed by atoms with Crippen molar-refractivity contribution in [3.8, 4) is 0 Å². The fourth-order valence-corrected chi connectivity index (χ4v) is 3.90. The minimum absolute atomic E-state index is 0.157. The maximum atomic E-state index is 12.6. The molecule has 30 heavy (non-hydrogen) atoms. The number of esters is 3. The molecule has 1 aliphatic heterocycles. The number of carbonyl (C=O) groups is 3. The second-order valence-electron chi connectivity index (χ2n) is 6.55. The Morgan fingerprint density at radius 3 is 2.00 bits per heavy atom. The van der Waals surface area contributed by atoms with E-state index in [1.54, 1.807) is 66.9 Å². The van der Waals surface area contributed by atoms with Gasteiger partial charge in [0.15, 0.2) is 0 Å². The smallest absolute Gasteiger partial charge is 0.338 e. The Balaban J connectivity index is 1.74. The molecule has 0 aromatic heterocycles. The van der Waals surface area contributed by atoms with Gasteiger partial charge in [0.05, 0.1) is 11.1 Å². The second kappa shape index (κ2) is 10.3. The highest BCUT2D eigenvalue weighted by atomic mass is 32.2. The number of rotatable bonds is 7. The third kappa shape index (κ3) is 5.40. The summed E-state index contributed by atoms with van der Waals surface area (Å²) in [5, 5.41) is -0.470. The second-order valence-corrected chi connectivity index (χ2v) is 7.57. The summed E-state index contributed by atoms with van der Waals surface area (Å²) in [5.74, 6) is -1.58. The molecule has 0 N–H and O–H groups in total. The highest BCUT2D eigenvalue weighted by molar-refractivity contribution is 7.99. The zero-order valence-corrected chi connectivity index (χ0v) is 17.4. The summed E-state index contributed by atoms with van der Waals surface area (Å²) in [6.45, 7) is 1.11. The first-order valence-electron chi connectivity index (χ1n) is 9.33. The Labute approximate surface area is 178 Å². The molecule has 1 heterocycles. The van der Waals surface area contributed by atoms with Gasteiger partial charge in [-0.2, -0.15) is 11.8 Å².